The van der Waals surface area contributed by atoms with Gasteiger partial charge in [0.2, 0.25) is 11.8 Å². The summed E-state index contributed by atoms with van der Waals surface area (Å²) in [7, 11) is 1.51. The van der Waals surface area contributed by atoms with Gasteiger partial charge in [0.05, 0.1) is 22.3 Å². The van der Waals surface area contributed by atoms with Crippen molar-refractivity contribution in [3.8, 4) is 0 Å². The first-order valence-electron chi connectivity index (χ1n) is 17.6. The maximum atomic E-state index is 14.6. The highest BCUT2D eigenvalue weighted by Gasteiger charge is 2.38. The van der Waals surface area contributed by atoms with Gasteiger partial charge in [-0.1, -0.05) is 48.0 Å². The molecule has 10 nitrogen and oxygen atoms in total. The number of anilines is 1. The number of aryl methyl sites for hydroxylation is 1. The summed E-state index contributed by atoms with van der Waals surface area (Å²) >= 11 is 7.52. The zero-order chi connectivity index (χ0) is 38.3. The molecule has 15 heteroatoms. The molecule has 0 saturated heterocycles. The molecule has 0 saturated carbocycles. The van der Waals surface area contributed by atoms with E-state index in [1.54, 1.807) is 12.1 Å². The summed E-state index contributed by atoms with van der Waals surface area (Å²) in [6, 6.07) is 11.0. The normalized spacial score (nSPS) is 19.1. The third-order valence-electron chi connectivity index (χ3n) is 9.69. The van der Waals surface area contributed by atoms with Crippen LogP contribution >= 0.6 is 23.4 Å². The second kappa shape index (κ2) is 17.8. The SMILES string of the molecule is Cc1[nH]c2ccccc2c1C[C@H]1C(=O)NCc2c(C(F)(F)F)ccc(Cl)c2Sc2ncccc2N[C@@H](CCCN)C(=O)C[C@@H](CCCCN)C(=O)N1C. The molecule has 2 aromatic carbocycles. The number of pyridine rings is 1. The van der Waals surface area contributed by atoms with Crippen LogP contribution < -0.4 is 22.1 Å². The number of carbonyl (C=O) groups is 3. The number of aromatic amines is 1. The Labute approximate surface area is 316 Å². The third kappa shape index (κ3) is 9.53. The van der Waals surface area contributed by atoms with Gasteiger partial charge in [-0.2, -0.15) is 13.2 Å². The zero-order valence-electron chi connectivity index (χ0n) is 29.7. The average Bonchev–Trinajstić information content (AvgIpc) is 3.45. The van der Waals surface area contributed by atoms with Crippen molar-refractivity contribution in [2.45, 2.75) is 86.6 Å². The summed E-state index contributed by atoms with van der Waals surface area (Å²) in [5.74, 6) is -2.10. The first kappa shape index (κ1) is 40.1. The summed E-state index contributed by atoms with van der Waals surface area (Å²) in [6.07, 6.45) is -0.936. The number of Topliss-reactive ketones (excluding diaryl/α,β-unsaturated/α-hetero) is 1. The number of hydrogen-bond acceptors (Lipinski definition) is 8. The first-order chi connectivity index (χ1) is 25.3. The number of likely N-dealkylation sites (N-methyl/N-ethyl adjacent to an activating group) is 1. The monoisotopic (exact) mass is 771 g/mol. The molecular formula is C38H45ClF3N7O3S. The zero-order valence-corrected chi connectivity index (χ0v) is 31.3. The number of carbonyl (C=O) groups excluding carboxylic acids is 3. The van der Waals surface area contributed by atoms with Crippen molar-refractivity contribution in [2.75, 3.05) is 25.5 Å². The quantitative estimate of drug-likeness (QED) is 0.119. The number of alkyl halides is 3. The van der Waals surface area contributed by atoms with E-state index in [2.05, 4.69) is 20.6 Å². The summed E-state index contributed by atoms with van der Waals surface area (Å²) < 4.78 is 43.8. The molecule has 5 rings (SSSR count). The summed E-state index contributed by atoms with van der Waals surface area (Å²) in [5.41, 5.74) is 13.2. The van der Waals surface area contributed by atoms with Crippen LogP contribution in [0.5, 0.6) is 0 Å². The van der Waals surface area contributed by atoms with Crippen molar-refractivity contribution in [1.29, 1.82) is 0 Å². The highest BCUT2D eigenvalue weighted by atomic mass is 35.5. The number of fused-ring (bicyclic) bond motifs is 3. The van der Waals surface area contributed by atoms with Crippen LogP contribution in [0.2, 0.25) is 5.02 Å². The Bertz CT molecular complexity index is 1940. The molecule has 0 radical (unpaired) electrons. The number of rotatable bonds is 9. The number of para-hydroxylation sites is 1. The fourth-order valence-corrected chi connectivity index (χ4v) is 8.12. The van der Waals surface area contributed by atoms with Crippen LogP contribution in [-0.2, 0) is 33.5 Å². The number of H-pyrrole nitrogens is 1. The number of halogens is 4. The van der Waals surface area contributed by atoms with Gasteiger partial charge in [0.1, 0.15) is 11.1 Å². The molecule has 0 bridgehead atoms. The highest BCUT2D eigenvalue weighted by Crippen LogP contribution is 2.44. The molecule has 284 valence electrons. The van der Waals surface area contributed by atoms with Crippen molar-refractivity contribution in [3.63, 3.8) is 0 Å². The Hall–Kier alpha value is -4.11. The number of ketones is 1. The smallest absolute Gasteiger partial charge is 0.373 e. The van der Waals surface area contributed by atoms with Crippen LogP contribution in [0.15, 0.2) is 64.6 Å². The fourth-order valence-electron chi connectivity index (χ4n) is 6.82. The molecule has 4 aromatic rings. The Morgan fingerprint density at radius 2 is 1.75 bits per heavy atom. The Morgan fingerprint density at radius 3 is 2.49 bits per heavy atom. The number of hydrogen-bond donors (Lipinski definition) is 5. The number of unbranched alkanes of at least 4 members (excludes halogenated alkanes) is 1. The van der Waals surface area contributed by atoms with E-state index in [1.165, 1.54) is 24.2 Å². The van der Waals surface area contributed by atoms with Crippen LogP contribution in [0.1, 0.15) is 60.9 Å². The summed E-state index contributed by atoms with van der Waals surface area (Å²) in [6.45, 7) is 2.05. The molecule has 3 atom stereocenters. The van der Waals surface area contributed by atoms with E-state index in [1.807, 2.05) is 31.2 Å². The second-order valence-corrected chi connectivity index (χ2v) is 14.7. The molecule has 2 aromatic heterocycles. The first-order valence-corrected chi connectivity index (χ1v) is 18.8. The minimum atomic E-state index is -4.78. The van der Waals surface area contributed by atoms with Crippen LogP contribution in [0.4, 0.5) is 18.9 Å². The van der Waals surface area contributed by atoms with Crippen molar-refractivity contribution in [3.05, 3.63) is 82.1 Å². The van der Waals surface area contributed by atoms with Gasteiger partial charge < -0.3 is 32.0 Å². The topological polar surface area (TPSA) is 159 Å². The lowest BCUT2D eigenvalue weighted by Gasteiger charge is -2.32. The maximum absolute atomic E-state index is 14.6. The number of amides is 2. The van der Waals surface area contributed by atoms with Crippen LogP contribution in [0.3, 0.4) is 0 Å². The van der Waals surface area contributed by atoms with E-state index in [4.69, 9.17) is 23.1 Å². The largest absolute Gasteiger partial charge is 0.416 e. The molecule has 0 unspecified atom stereocenters. The summed E-state index contributed by atoms with van der Waals surface area (Å²) in [4.78, 5) is 52.1. The molecule has 0 spiro atoms. The molecule has 7 N–H and O–H groups in total. The van der Waals surface area contributed by atoms with E-state index < -0.39 is 48.1 Å². The van der Waals surface area contributed by atoms with Gasteiger partial charge in [-0.25, -0.2) is 4.98 Å². The van der Waals surface area contributed by atoms with Gasteiger partial charge in [-0.05, 0) is 87.2 Å². The number of nitrogens with two attached hydrogens (primary N) is 2. The van der Waals surface area contributed by atoms with E-state index in [9.17, 15) is 27.6 Å². The lowest BCUT2D eigenvalue weighted by atomic mass is 9.90. The van der Waals surface area contributed by atoms with Crippen molar-refractivity contribution >= 4 is 57.6 Å². The van der Waals surface area contributed by atoms with Gasteiger partial charge >= 0.3 is 6.18 Å². The van der Waals surface area contributed by atoms with Gasteiger partial charge in [0.25, 0.3) is 0 Å². The Morgan fingerprint density at radius 1 is 1.00 bits per heavy atom. The predicted octanol–water partition coefficient (Wildman–Crippen LogP) is 6.62. The predicted molar refractivity (Wildman–Crippen MR) is 202 cm³/mol. The van der Waals surface area contributed by atoms with Gasteiger partial charge in [-0.15, -0.1) is 0 Å². The van der Waals surface area contributed by atoms with E-state index in [0.29, 0.717) is 50.9 Å². The molecule has 2 amide bonds. The van der Waals surface area contributed by atoms with Crippen molar-refractivity contribution in [2.24, 2.45) is 17.4 Å². The number of nitrogens with one attached hydrogen (secondary N) is 3. The van der Waals surface area contributed by atoms with Crippen molar-refractivity contribution < 1.29 is 27.6 Å². The highest BCUT2D eigenvalue weighted by molar-refractivity contribution is 7.99. The minimum absolute atomic E-state index is 0.0271. The van der Waals surface area contributed by atoms with Crippen LogP contribution in [-0.4, -0.2) is 64.7 Å². The molecule has 53 heavy (non-hydrogen) atoms. The van der Waals surface area contributed by atoms with E-state index in [-0.39, 0.29) is 39.1 Å². The average molecular weight is 772 g/mol. The maximum Gasteiger partial charge on any atom is 0.416 e. The number of nitrogens with zero attached hydrogens (tertiary/aromatic N) is 2. The van der Waals surface area contributed by atoms with Crippen molar-refractivity contribution in [1.82, 2.24) is 20.2 Å². The molecule has 0 fully saturated rings. The van der Waals surface area contributed by atoms with Crippen LogP contribution in [0.25, 0.3) is 10.9 Å². The Balaban J connectivity index is 1.66. The molecule has 1 aliphatic heterocycles. The van der Waals surface area contributed by atoms with Gasteiger partial charge in [-0.3, -0.25) is 14.4 Å². The van der Waals surface area contributed by atoms with E-state index >= 15 is 0 Å². The number of aromatic nitrogens is 2. The van der Waals surface area contributed by atoms with Gasteiger partial charge in [0, 0.05) is 60.0 Å². The van der Waals surface area contributed by atoms with E-state index in [0.717, 1.165) is 40.0 Å². The standard InChI is InChI=1S/C38H45ClF3N7O3S/c1-22-25(24-10-3-4-11-29(24)47-22)20-32-35(51)46-21-26-27(38(40,41)42)14-15-28(39)34(26)53-36-31(13-8-18-45-36)48-30(12-7-17-44)33(50)19-23(9-5-6-16-43)37(52)49(32)2/h3-4,8,10-11,13-15,18,23,30,32,47-48H,5-7,9,12,16-17,19-21,43-44H2,1-2H3,(H,46,51)/t23-,30+,32+/m1/s1. The number of benzene rings is 2. The minimum Gasteiger partial charge on any atom is -0.373 e. The summed E-state index contributed by atoms with van der Waals surface area (Å²) in [5, 5.41) is 7.16. The third-order valence-corrected chi connectivity index (χ3v) is 11.3. The lowest BCUT2D eigenvalue weighted by molar-refractivity contribution is -0.143. The fraction of sp³-hybridized carbons (Fsp3) is 0.421. The lowest BCUT2D eigenvalue weighted by Crippen LogP contribution is -2.51. The van der Waals surface area contributed by atoms with Gasteiger partial charge in [0.15, 0.2) is 5.78 Å². The molecule has 0 aliphatic carbocycles. The molecule has 3 heterocycles. The molecule has 1 aliphatic rings. The second-order valence-electron chi connectivity index (χ2n) is 13.3. The Kier molecular flexibility index (Phi) is 13.5. The van der Waals surface area contributed by atoms with Crippen LogP contribution in [0, 0.1) is 12.8 Å². The molecular weight excluding hydrogens is 727 g/mol.